The molecule has 3 aliphatic heterocycles. The number of nitrogens with two attached hydrogens (primary N) is 1. The van der Waals surface area contributed by atoms with Crippen molar-refractivity contribution in [2.24, 2.45) is 11.7 Å². The Balaban J connectivity index is 1.62. The predicted molar refractivity (Wildman–Crippen MR) is 90.7 cm³/mol. The third-order valence-corrected chi connectivity index (χ3v) is 5.36. The maximum absolute atomic E-state index is 12.7. The molecular formula is C17H25N4O5. The number of carbonyl (C=O) groups excluding carboxylic acids is 4. The van der Waals surface area contributed by atoms with Gasteiger partial charge in [-0.1, -0.05) is 6.92 Å². The molecule has 9 heteroatoms. The summed E-state index contributed by atoms with van der Waals surface area (Å²) in [7, 11) is 0. The molecule has 9 nitrogen and oxygen atoms in total. The van der Waals surface area contributed by atoms with E-state index in [9.17, 15) is 19.2 Å². The van der Waals surface area contributed by atoms with Crippen LogP contribution < -0.4 is 5.73 Å². The summed E-state index contributed by atoms with van der Waals surface area (Å²) in [5, 5.41) is 0. The van der Waals surface area contributed by atoms with Gasteiger partial charge in [0.05, 0.1) is 32.2 Å². The number of rotatable bonds is 4. The molecular weight excluding hydrogens is 340 g/mol. The second-order valence-electron chi connectivity index (χ2n) is 7.05. The van der Waals surface area contributed by atoms with Gasteiger partial charge in [0.1, 0.15) is 6.04 Å². The van der Waals surface area contributed by atoms with Crippen molar-refractivity contribution >= 4 is 23.6 Å². The van der Waals surface area contributed by atoms with Crippen molar-refractivity contribution in [1.29, 1.82) is 0 Å². The lowest BCUT2D eigenvalue weighted by Crippen LogP contribution is -2.50. The zero-order valence-corrected chi connectivity index (χ0v) is 14.9. The molecule has 2 N–H and O–H groups in total. The molecule has 3 saturated heterocycles. The van der Waals surface area contributed by atoms with Crippen LogP contribution in [0.5, 0.6) is 0 Å². The Labute approximate surface area is 152 Å². The Morgan fingerprint density at radius 3 is 2.58 bits per heavy atom. The van der Waals surface area contributed by atoms with Crippen molar-refractivity contribution in [2.45, 2.75) is 31.8 Å². The number of urea groups is 1. The molecule has 4 amide bonds. The van der Waals surface area contributed by atoms with E-state index in [1.165, 1.54) is 11.3 Å². The molecule has 3 atom stereocenters. The summed E-state index contributed by atoms with van der Waals surface area (Å²) in [6, 6.07) is -1.02. The number of ether oxygens (including phenoxy) is 1. The lowest BCUT2D eigenvalue weighted by Gasteiger charge is -2.33. The van der Waals surface area contributed by atoms with Gasteiger partial charge in [0.15, 0.2) is 5.78 Å². The zero-order valence-electron chi connectivity index (χ0n) is 14.9. The minimum atomic E-state index is -0.590. The third kappa shape index (κ3) is 3.53. The summed E-state index contributed by atoms with van der Waals surface area (Å²) in [6.45, 7) is 4.15. The summed E-state index contributed by atoms with van der Waals surface area (Å²) >= 11 is 0. The minimum Gasteiger partial charge on any atom is -0.378 e. The summed E-state index contributed by atoms with van der Waals surface area (Å²) in [4.78, 5) is 53.6. The highest BCUT2D eigenvalue weighted by atomic mass is 16.5. The number of morpholine rings is 1. The topological polar surface area (TPSA) is 113 Å². The molecule has 3 fully saturated rings. The average molecular weight is 365 g/mol. The fraction of sp³-hybridized carbons (Fsp3) is 0.706. The molecule has 0 aromatic rings. The standard InChI is InChI=1S/C17H25N4O5/c1-11(16(18)24)2-3-14(23)20-5-4-12-15(20)13(22)10-21(12)17(25)19-6-8-26-9-7-19/h3,11-12,15H,2,4-10H2,1H3,(H2,18,24). The van der Waals surface area contributed by atoms with Gasteiger partial charge in [-0.2, -0.15) is 0 Å². The SMILES string of the molecule is CC(C[CH]C(=O)N1CCC2C1C(=O)CN2C(=O)N1CCOCC1)C(N)=O. The van der Waals surface area contributed by atoms with Crippen molar-refractivity contribution in [3.63, 3.8) is 0 Å². The lowest BCUT2D eigenvalue weighted by molar-refractivity contribution is -0.133. The maximum Gasteiger partial charge on any atom is 0.320 e. The van der Waals surface area contributed by atoms with E-state index in [0.717, 1.165) is 0 Å². The normalized spacial score (nSPS) is 26.8. The van der Waals surface area contributed by atoms with E-state index in [-0.39, 0.29) is 36.7 Å². The number of Topliss-reactive ketones (excluding diaryl/α,β-unsaturated/α-hetero) is 1. The smallest absolute Gasteiger partial charge is 0.320 e. The largest absolute Gasteiger partial charge is 0.378 e. The van der Waals surface area contributed by atoms with Crippen LogP contribution in [0.1, 0.15) is 19.8 Å². The number of nitrogens with zero attached hydrogens (tertiary/aromatic N) is 3. The van der Waals surface area contributed by atoms with Gasteiger partial charge in [0.25, 0.3) is 0 Å². The third-order valence-electron chi connectivity index (χ3n) is 5.36. The molecule has 3 unspecified atom stereocenters. The van der Waals surface area contributed by atoms with E-state index in [1.807, 2.05) is 0 Å². The van der Waals surface area contributed by atoms with Gasteiger partial charge in [-0.05, 0) is 12.8 Å². The molecule has 143 valence electrons. The van der Waals surface area contributed by atoms with Gasteiger partial charge in [-0.25, -0.2) is 4.79 Å². The minimum absolute atomic E-state index is 0.0347. The van der Waals surface area contributed by atoms with Crippen LogP contribution in [-0.4, -0.2) is 89.8 Å². The fourth-order valence-electron chi connectivity index (χ4n) is 3.77. The van der Waals surface area contributed by atoms with Gasteiger partial charge in [-0.3, -0.25) is 14.4 Å². The van der Waals surface area contributed by atoms with E-state index < -0.39 is 17.9 Å². The van der Waals surface area contributed by atoms with E-state index in [0.29, 0.717) is 39.3 Å². The van der Waals surface area contributed by atoms with Crippen molar-refractivity contribution < 1.29 is 23.9 Å². The monoisotopic (exact) mass is 365 g/mol. The fourth-order valence-corrected chi connectivity index (χ4v) is 3.77. The first-order chi connectivity index (χ1) is 12.4. The second kappa shape index (κ2) is 7.61. The van der Waals surface area contributed by atoms with Crippen LogP contribution in [0.25, 0.3) is 0 Å². The number of hydrogen-bond donors (Lipinski definition) is 1. The lowest BCUT2D eigenvalue weighted by atomic mass is 10.0. The Morgan fingerprint density at radius 1 is 1.23 bits per heavy atom. The van der Waals surface area contributed by atoms with Crippen LogP contribution in [-0.2, 0) is 19.1 Å². The molecule has 0 aliphatic carbocycles. The first-order valence-corrected chi connectivity index (χ1v) is 8.99. The van der Waals surface area contributed by atoms with E-state index in [1.54, 1.807) is 16.7 Å². The van der Waals surface area contributed by atoms with Crippen molar-refractivity contribution in [1.82, 2.24) is 14.7 Å². The number of carbonyl (C=O) groups is 4. The molecule has 0 spiro atoms. The van der Waals surface area contributed by atoms with E-state index in [2.05, 4.69) is 0 Å². The molecule has 0 bridgehead atoms. The Kier molecular flexibility index (Phi) is 5.45. The highest BCUT2D eigenvalue weighted by molar-refractivity contribution is 5.98. The molecule has 0 aromatic heterocycles. The Morgan fingerprint density at radius 2 is 1.92 bits per heavy atom. The van der Waals surface area contributed by atoms with Gasteiger partial charge < -0.3 is 25.2 Å². The van der Waals surface area contributed by atoms with Gasteiger partial charge in [0, 0.05) is 25.6 Å². The second-order valence-corrected chi connectivity index (χ2v) is 7.05. The summed E-state index contributed by atoms with van der Waals surface area (Å²) in [5.74, 6) is -1.29. The first kappa shape index (κ1) is 18.6. The number of primary amides is 1. The van der Waals surface area contributed by atoms with Crippen LogP contribution in [0.2, 0.25) is 0 Å². The summed E-state index contributed by atoms with van der Waals surface area (Å²) in [6.07, 6.45) is 2.24. The van der Waals surface area contributed by atoms with Crippen LogP contribution >= 0.6 is 0 Å². The van der Waals surface area contributed by atoms with E-state index >= 15 is 0 Å². The highest BCUT2D eigenvalue weighted by Crippen LogP contribution is 2.31. The molecule has 3 aliphatic rings. The number of ketones is 1. The molecule has 3 heterocycles. The highest BCUT2D eigenvalue weighted by Gasteiger charge is 2.51. The average Bonchev–Trinajstić information content (AvgIpc) is 3.21. The molecule has 0 aromatic carbocycles. The maximum atomic E-state index is 12.7. The van der Waals surface area contributed by atoms with Gasteiger partial charge in [0.2, 0.25) is 11.8 Å². The molecule has 3 rings (SSSR count). The summed E-state index contributed by atoms with van der Waals surface area (Å²) < 4.78 is 5.26. The van der Waals surface area contributed by atoms with Crippen molar-refractivity contribution in [3.8, 4) is 0 Å². The number of hydrogen-bond acceptors (Lipinski definition) is 5. The number of likely N-dealkylation sites (tertiary alicyclic amines) is 2. The molecule has 1 radical (unpaired) electrons. The van der Waals surface area contributed by atoms with Gasteiger partial charge >= 0.3 is 6.03 Å². The molecule has 26 heavy (non-hydrogen) atoms. The van der Waals surface area contributed by atoms with E-state index in [4.69, 9.17) is 10.5 Å². The molecule has 0 saturated carbocycles. The van der Waals surface area contributed by atoms with Crippen molar-refractivity contribution in [2.75, 3.05) is 39.4 Å². The Hall–Kier alpha value is -2.16. The number of fused-ring (bicyclic) bond motifs is 1. The summed E-state index contributed by atoms with van der Waals surface area (Å²) in [5.41, 5.74) is 5.21. The van der Waals surface area contributed by atoms with Crippen LogP contribution in [0.15, 0.2) is 0 Å². The zero-order chi connectivity index (χ0) is 18.8. The van der Waals surface area contributed by atoms with Gasteiger partial charge in [-0.15, -0.1) is 0 Å². The first-order valence-electron chi connectivity index (χ1n) is 8.99. The van der Waals surface area contributed by atoms with Crippen LogP contribution in [0.4, 0.5) is 4.79 Å². The van der Waals surface area contributed by atoms with Crippen LogP contribution in [0.3, 0.4) is 0 Å². The predicted octanol–water partition coefficient (Wildman–Crippen LogP) is -0.991. The van der Waals surface area contributed by atoms with Crippen LogP contribution in [0, 0.1) is 12.3 Å². The number of amides is 4. The quantitative estimate of drug-likeness (QED) is 0.687. The van der Waals surface area contributed by atoms with Crippen molar-refractivity contribution in [3.05, 3.63) is 6.42 Å². The Bertz CT molecular complexity index is 604.